The van der Waals surface area contributed by atoms with Crippen molar-refractivity contribution in [1.29, 1.82) is 0 Å². The van der Waals surface area contributed by atoms with Crippen LogP contribution in [0.3, 0.4) is 0 Å². The smallest absolute Gasteiger partial charge is 0.253 e. The first kappa shape index (κ1) is 18.2. The zero-order valence-electron chi connectivity index (χ0n) is 15.7. The first-order valence-electron chi connectivity index (χ1n) is 9.03. The molecule has 0 radical (unpaired) electrons. The number of nitrogens with one attached hydrogen (secondary N) is 1. The molecule has 1 unspecified atom stereocenters. The van der Waals surface area contributed by atoms with Gasteiger partial charge in [-0.05, 0) is 45.4 Å². The minimum Gasteiger partial charge on any atom is -0.394 e. The third-order valence-corrected chi connectivity index (χ3v) is 4.71. The molecule has 0 saturated heterocycles. The second kappa shape index (κ2) is 7.33. The van der Waals surface area contributed by atoms with Crippen molar-refractivity contribution in [1.82, 2.24) is 19.3 Å². The fourth-order valence-corrected chi connectivity index (χ4v) is 3.20. The maximum absolute atomic E-state index is 12.8. The monoisotopic (exact) mass is 354 g/mol. The standard InChI is InChI=1S/C20H26N4O2/c1-5-15(12-25)22-20(26)16-10-19(23-9-7-6-8-18(16)23)17-11-24(13(2)3)14(4)21-17/h6-11,13,15,25H,5,12H2,1-4H3,(H,22,26). The molecule has 0 fully saturated rings. The molecule has 3 aromatic heterocycles. The molecule has 0 bridgehead atoms. The fraction of sp³-hybridized carbons (Fsp3) is 0.400. The van der Waals surface area contributed by atoms with Gasteiger partial charge in [-0.25, -0.2) is 4.98 Å². The van der Waals surface area contributed by atoms with Gasteiger partial charge < -0.3 is 19.4 Å². The lowest BCUT2D eigenvalue weighted by molar-refractivity contribution is 0.0916. The van der Waals surface area contributed by atoms with E-state index >= 15 is 0 Å². The number of pyridine rings is 1. The number of carbonyl (C=O) groups is 1. The molecule has 0 aromatic carbocycles. The van der Waals surface area contributed by atoms with Crippen molar-refractivity contribution in [2.24, 2.45) is 0 Å². The molecule has 1 atom stereocenters. The van der Waals surface area contributed by atoms with E-state index in [1.165, 1.54) is 0 Å². The van der Waals surface area contributed by atoms with Gasteiger partial charge >= 0.3 is 0 Å². The topological polar surface area (TPSA) is 71.6 Å². The van der Waals surface area contributed by atoms with Crippen LogP contribution in [0.1, 0.15) is 49.4 Å². The summed E-state index contributed by atoms with van der Waals surface area (Å²) < 4.78 is 4.11. The van der Waals surface area contributed by atoms with E-state index in [2.05, 4.69) is 28.7 Å². The highest BCUT2D eigenvalue weighted by Crippen LogP contribution is 2.27. The van der Waals surface area contributed by atoms with Gasteiger partial charge in [0.2, 0.25) is 0 Å². The first-order valence-corrected chi connectivity index (χ1v) is 9.03. The molecule has 3 rings (SSSR count). The summed E-state index contributed by atoms with van der Waals surface area (Å²) >= 11 is 0. The van der Waals surface area contributed by atoms with Gasteiger partial charge in [0.1, 0.15) is 11.5 Å². The number of hydrogen-bond donors (Lipinski definition) is 2. The van der Waals surface area contributed by atoms with E-state index < -0.39 is 0 Å². The van der Waals surface area contributed by atoms with Crippen LogP contribution in [0.15, 0.2) is 36.7 Å². The van der Waals surface area contributed by atoms with Gasteiger partial charge in [0.05, 0.1) is 29.4 Å². The molecule has 0 aliphatic heterocycles. The van der Waals surface area contributed by atoms with Crippen molar-refractivity contribution in [3.05, 3.63) is 48.0 Å². The summed E-state index contributed by atoms with van der Waals surface area (Å²) in [5.41, 5.74) is 3.13. The van der Waals surface area contributed by atoms with E-state index in [1.807, 2.05) is 54.9 Å². The SMILES string of the molecule is CCC(CO)NC(=O)c1cc(-c2cn(C(C)C)c(C)n2)n2ccccc12. The number of fused-ring (bicyclic) bond motifs is 1. The maximum atomic E-state index is 12.8. The Balaban J connectivity index is 2.08. The van der Waals surface area contributed by atoms with Crippen LogP contribution >= 0.6 is 0 Å². The number of nitrogens with zero attached hydrogens (tertiary/aromatic N) is 3. The molecule has 0 aliphatic rings. The quantitative estimate of drug-likeness (QED) is 0.714. The minimum absolute atomic E-state index is 0.0706. The predicted octanol–water partition coefficient (Wildman–Crippen LogP) is 3.19. The maximum Gasteiger partial charge on any atom is 0.253 e. The number of aryl methyl sites for hydroxylation is 1. The van der Waals surface area contributed by atoms with E-state index in [-0.39, 0.29) is 18.6 Å². The number of aromatic nitrogens is 3. The van der Waals surface area contributed by atoms with E-state index in [4.69, 9.17) is 0 Å². The number of aliphatic hydroxyl groups excluding tert-OH is 1. The summed E-state index contributed by atoms with van der Waals surface area (Å²) in [4.78, 5) is 17.4. The Bertz CT molecular complexity index is 919. The molecular weight excluding hydrogens is 328 g/mol. The van der Waals surface area contributed by atoms with E-state index in [9.17, 15) is 9.90 Å². The second-order valence-corrected chi connectivity index (χ2v) is 6.83. The minimum atomic E-state index is -0.244. The molecule has 3 aromatic rings. The zero-order chi connectivity index (χ0) is 18.8. The molecule has 138 valence electrons. The molecule has 2 N–H and O–H groups in total. The number of rotatable bonds is 6. The molecule has 0 spiro atoms. The summed E-state index contributed by atoms with van der Waals surface area (Å²) in [6.07, 6.45) is 4.65. The lowest BCUT2D eigenvalue weighted by atomic mass is 10.2. The van der Waals surface area contributed by atoms with Crippen LogP contribution in [-0.4, -0.2) is 37.6 Å². The van der Waals surface area contributed by atoms with Gasteiger partial charge in [0.25, 0.3) is 5.91 Å². The average molecular weight is 354 g/mol. The Labute approximate surface area is 153 Å². The first-order chi connectivity index (χ1) is 12.5. The van der Waals surface area contributed by atoms with Crippen molar-refractivity contribution in [3.8, 4) is 11.4 Å². The van der Waals surface area contributed by atoms with Crippen LogP contribution in [-0.2, 0) is 0 Å². The number of hydrogen-bond acceptors (Lipinski definition) is 3. The highest BCUT2D eigenvalue weighted by molar-refractivity contribution is 6.02. The number of aliphatic hydroxyl groups is 1. The van der Waals surface area contributed by atoms with Crippen molar-refractivity contribution in [2.45, 2.75) is 46.2 Å². The van der Waals surface area contributed by atoms with Crippen molar-refractivity contribution in [3.63, 3.8) is 0 Å². The summed E-state index contributed by atoms with van der Waals surface area (Å²) in [5.74, 6) is 0.763. The predicted molar refractivity (Wildman–Crippen MR) is 102 cm³/mol. The molecule has 0 aliphatic carbocycles. The third-order valence-electron chi connectivity index (χ3n) is 4.71. The number of imidazole rings is 1. The van der Waals surface area contributed by atoms with Crippen LogP contribution in [0.25, 0.3) is 16.9 Å². The lowest BCUT2D eigenvalue weighted by Gasteiger charge is -2.13. The van der Waals surface area contributed by atoms with Gasteiger partial charge in [-0.2, -0.15) is 0 Å². The van der Waals surface area contributed by atoms with Crippen LogP contribution in [0.5, 0.6) is 0 Å². The van der Waals surface area contributed by atoms with Gasteiger partial charge in [-0.1, -0.05) is 13.0 Å². The Hall–Kier alpha value is -2.60. The van der Waals surface area contributed by atoms with E-state index in [0.717, 1.165) is 22.7 Å². The highest BCUT2D eigenvalue weighted by Gasteiger charge is 2.20. The van der Waals surface area contributed by atoms with Crippen molar-refractivity contribution in [2.75, 3.05) is 6.61 Å². The molecule has 0 saturated carbocycles. The van der Waals surface area contributed by atoms with Gasteiger partial charge in [0.15, 0.2) is 0 Å². The van der Waals surface area contributed by atoms with Gasteiger partial charge in [-0.3, -0.25) is 4.79 Å². The van der Waals surface area contributed by atoms with Crippen LogP contribution in [0, 0.1) is 6.92 Å². The number of carbonyl (C=O) groups excluding carboxylic acids is 1. The summed E-state index contributed by atoms with van der Waals surface area (Å²) in [6.45, 7) is 8.09. The highest BCUT2D eigenvalue weighted by atomic mass is 16.3. The Morgan fingerprint density at radius 2 is 2.12 bits per heavy atom. The Morgan fingerprint density at radius 1 is 1.35 bits per heavy atom. The number of amides is 1. The van der Waals surface area contributed by atoms with E-state index in [1.54, 1.807) is 0 Å². The molecular formula is C20H26N4O2. The largest absolute Gasteiger partial charge is 0.394 e. The van der Waals surface area contributed by atoms with Gasteiger partial charge in [0, 0.05) is 18.4 Å². The summed E-state index contributed by atoms with van der Waals surface area (Å²) in [5, 5.41) is 12.3. The molecule has 6 heteroatoms. The van der Waals surface area contributed by atoms with Crippen molar-refractivity contribution >= 4 is 11.4 Å². The van der Waals surface area contributed by atoms with E-state index in [0.29, 0.717) is 18.0 Å². The fourth-order valence-electron chi connectivity index (χ4n) is 3.20. The Morgan fingerprint density at radius 3 is 2.73 bits per heavy atom. The molecule has 1 amide bonds. The normalized spacial score (nSPS) is 12.7. The summed E-state index contributed by atoms with van der Waals surface area (Å²) in [7, 11) is 0. The second-order valence-electron chi connectivity index (χ2n) is 6.83. The molecule has 3 heterocycles. The molecule has 6 nitrogen and oxygen atoms in total. The lowest BCUT2D eigenvalue weighted by Crippen LogP contribution is -2.36. The van der Waals surface area contributed by atoms with Crippen LogP contribution in [0.2, 0.25) is 0 Å². The van der Waals surface area contributed by atoms with Crippen molar-refractivity contribution < 1.29 is 9.90 Å². The third kappa shape index (κ3) is 3.24. The zero-order valence-corrected chi connectivity index (χ0v) is 15.7. The summed E-state index contributed by atoms with van der Waals surface area (Å²) in [6, 6.07) is 7.72. The Kier molecular flexibility index (Phi) is 5.13. The van der Waals surface area contributed by atoms with Gasteiger partial charge in [-0.15, -0.1) is 0 Å². The van der Waals surface area contributed by atoms with Crippen LogP contribution < -0.4 is 5.32 Å². The average Bonchev–Trinajstić information content (AvgIpc) is 3.20. The van der Waals surface area contributed by atoms with Crippen LogP contribution in [0.4, 0.5) is 0 Å². The molecule has 26 heavy (non-hydrogen) atoms.